The van der Waals surface area contributed by atoms with E-state index in [-0.39, 0.29) is 36.2 Å². The summed E-state index contributed by atoms with van der Waals surface area (Å²) in [4.78, 5) is 23.4. The van der Waals surface area contributed by atoms with Gasteiger partial charge < -0.3 is 16.0 Å². The molecule has 5 nitrogen and oxygen atoms in total. The van der Waals surface area contributed by atoms with Gasteiger partial charge in [-0.2, -0.15) is 0 Å². The fourth-order valence-electron chi connectivity index (χ4n) is 1.91. The van der Waals surface area contributed by atoms with E-state index in [9.17, 15) is 9.59 Å². The van der Waals surface area contributed by atoms with E-state index < -0.39 is 0 Å². The zero-order valence-electron chi connectivity index (χ0n) is 13.0. The van der Waals surface area contributed by atoms with Crippen molar-refractivity contribution in [1.82, 2.24) is 10.6 Å². The van der Waals surface area contributed by atoms with Crippen LogP contribution in [0.5, 0.6) is 0 Å². The van der Waals surface area contributed by atoms with E-state index in [0.29, 0.717) is 13.0 Å². The first-order valence-corrected chi connectivity index (χ1v) is 7.42. The lowest BCUT2D eigenvalue weighted by Gasteiger charge is -2.11. The number of anilines is 1. The van der Waals surface area contributed by atoms with E-state index in [2.05, 4.69) is 16.0 Å². The number of hydrogen-bond acceptors (Lipinski definition) is 3. The largest absolute Gasteiger partial charge is 0.354 e. The lowest BCUT2D eigenvalue weighted by atomic mass is 10.1. The third-order valence-corrected chi connectivity index (χ3v) is 3.63. The van der Waals surface area contributed by atoms with Crippen LogP contribution in [0.15, 0.2) is 24.3 Å². The molecule has 1 aromatic rings. The molecule has 3 N–H and O–H groups in total. The minimum absolute atomic E-state index is 0. The van der Waals surface area contributed by atoms with Gasteiger partial charge in [0.2, 0.25) is 11.8 Å². The van der Waals surface area contributed by atoms with Crippen molar-refractivity contribution in [1.29, 1.82) is 0 Å². The number of carbonyl (C=O) groups excluding carboxylic acids is 2. The lowest BCUT2D eigenvalue weighted by Crippen LogP contribution is -2.37. The Balaban J connectivity index is 0.00000242. The summed E-state index contributed by atoms with van der Waals surface area (Å²) < 4.78 is 0. The maximum Gasteiger partial charge on any atom is 0.227 e. The topological polar surface area (TPSA) is 70.2 Å². The number of carbonyl (C=O) groups is 2. The predicted octanol–water partition coefficient (Wildman–Crippen LogP) is 1.72. The number of benzene rings is 1. The van der Waals surface area contributed by atoms with E-state index in [1.54, 1.807) is 0 Å². The molecule has 1 saturated carbocycles. The molecule has 2 amide bonds. The number of halogens is 1. The molecule has 1 aliphatic carbocycles. The Bertz CT molecular complexity index is 501. The van der Waals surface area contributed by atoms with Crippen LogP contribution in [0.2, 0.25) is 0 Å². The summed E-state index contributed by atoms with van der Waals surface area (Å²) in [5.41, 5.74) is 1.73. The van der Waals surface area contributed by atoms with Crippen molar-refractivity contribution in [2.24, 2.45) is 5.92 Å². The van der Waals surface area contributed by atoms with E-state index in [0.717, 1.165) is 24.1 Å². The van der Waals surface area contributed by atoms with Gasteiger partial charge in [0.15, 0.2) is 0 Å². The Morgan fingerprint density at radius 3 is 2.41 bits per heavy atom. The Morgan fingerprint density at radius 1 is 1.23 bits per heavy atom. The molecule has 22 heavy (non-hydrogen) atoms. The van der Waals surface area contributed by atoms with Crippen LogP contribution in [0.1, 0.15) is 25.3 Å². The van der Waals surface area contributed by atoms with Gasteiger partial charge in [-0.1, -0.05) is 12.1 Å². The number of likely N-dealkylation sites (N-methyl/N-ethyl adjacent to an activating group) is 1. The highest BCUT2D eigenvalue weighted by molar-refractivity contribution is 5.94. The van der Waals surface area contributed by atoms with E-state index >= 15 is 0 Å². The summed E-state index contributed by atoms with van der Waals surface area (Å²) in [7, 11) is 1.87. The molecule has 0 saturated heterocycles. The quantitative estimate of drug-likeness (QED) is 0.715. The summed E-state index contributed by atoms with van der Waals surface area (Å²) >= 11 is 0. The van der Waals surface area contributed by atoms with Gasteiger partial charge in [0, 0.05) is 24.2 Å². The summed E-state index contributed by atoms with van der Waals surface area (Å²) in [6.07, 6.45) is 2.34. The number of nitrogens with one attached hydrogen (secondary N) is 3. The van der Waals surface area contributed by atoms with Crippen LogP contribution in [0.4, 0.5) is 5.69 Å². The normalized spacial score (nSPS) is 14.6. The fraction of sp³-hybridized carbons (Fsp3) is 0.500. The van der Waals surface area contributed by atoms with Crippen LogP contribution >= 0.6 is 12.4 Å². The second-order valence-corrected chi connectivity index (χ2v) is 5.63. The summed E-state index contributed by atoms with van der Waals surface area (Å²) in [6.45, 7) is 2.63. The molecule has 1 unspecified atom stereocenters. The molecular weight excluding hydrogens is 302 g/mol. The molecular formula is C16H24ClN3O2. The smallest absolute Gasteiger partial charge is 0.227 e. The van der Waals surface area contributed by atoms with Crippen LogP contribution in [-0.4, -0.2) is 31.4 Å². The van der Waals surface area contributed by atoms with E-state index in [1.165, 1.54) is 0 Å². The van der Waals surface area contributed by atoms with Crippen molar-refractivity contribution in [2.45, 2.75) is 32.2 Å². The average Bonchev–Trinajstić information content (AvgIpc) is 3.31. The Morgan fingerprint density at radius 2 is 1.86 bits per heavy atom. The van der Waals surface area contributed by atoms with Gasteiger partial charge in [-0.15, -0.1) is 12.4 Å². The first-order valence-electron chi connectivity index (χ1n) is 7.42. The summed E-state index contributed by atoms with van der Waals surface area (Å²) in [5.74, 6) is 0.304. The van der Waals surface area contributed by atoms with Gasteiger partial charge in [-0.3, -0.25) is 9.59 Å². The van der Waals surface area contributed by atoms with E-state index in [1.807, 2.05) is 38.2 Å². The molecule has 1 aromatic carbocycles. The fourth-order valence-corrected chi connectivity index (χ4v) is 1.91. The predicted molar refractivity (Wildman–Crippen MR) is 90.3 cm³/mol. The minimum atomic E-state index is 0. The SMILES string of the molecule is CNC(C)CNC(=O)Cc1ccc(NC(=O)C2CC2)cc1.Cl. The minimum Gasteiger partial charge on any atom is -0.354 e. The monoisotopic (exact) mass is 325 g/mol. The molecule has 1 aliphatic rings. The first-order chi connectivity index (χ1) is 10.1. The molecule has 0 spiro atoms. The van der Waals surface area contributed by atoms with Gasteiger partial charge in [0.1, 0.15) is 0 Å². The lowest BCUT2D eigenvalue weighted by molar-refractivity contribution is -0.120. The van der Waals surface area contributed by atoms with E-state index in [4.69, 9.17) is 0 Å². The summed E-state index contributed by atoms with van der Waals surface area (Å²) in [6, 6.07) is 7.71. The average molecular weight is 326 g/mol. The third kappa shape index (κ3) is 6.03. The number of hydrogen-bond donors (Lipinski definition) is 3. The second kappa shape index (κ2) is 8.76. The third-order valence-electron chi connectivity index (χ3n) is 3.63. The Hall–Kier alpha value is -1.59. The van der Waals surface area contributed by atoms with Crippen LogP contribution in [0.25, 0.3) is 0 Å². The zero-order valence-corrected chi connectivity index (χ0v) is 13.8. The number of rotatable bonds is 7. The molecule has 1 atom stereocenters. The van der Waals surface area contributed by atoms with Gasteiger partial charge in [-0.05, 0) is 44.5 Å². The van der Waals surface area contributed by atoms with Crippen molar-refractivity contribution in [2.75, 3.05) is 18.9 Å². The maximum atomic E-state index is 11.8. The highest BCUT2D eigenvalue weighted by Crippen LogP contribution is 2.30. The highest BCUT2D eigenvalue weighted by atomic mass is 35.5. The molecule has 0 aliphatic heterocycles. The van der Waals surface area contributed by atoms with Crippen molar-refractivity contribution >= 4 is 29.9 Å². The van der Waals surface area contributed by atoms with Gasteiger partial charge >= 0.3 is 0 Å². The Kier molecular flexibility index (Phi) is 7.35. The second-order valence-electron chi connectivity index (χ2n) is 5.63. The molecule has 1 fully saturated rings. The van der Waals surface area contributed by atoms with Crippen molar-refractivity contribution in [3.63, 3.8) is 0 Å². The zero-order chi connectivity index (χ0) is 15.2. The van der Waals surface area contributed by atoms with Crippen LogP contribution in [0.3, 0.4) is 0 Å². The molecule has 0 radical (unpaired) electrons. The summed E-state index contributed by atoms with van der Waals surface area (Å²) in [5, 5.41) is 8.83. The Labute approximate surface area is 137 Å². The van der Waals surface area contributed by atoms with Gasteiger partial charge in [0.25, 0.3) is 0 Å². The standard InChI is InChI=1S/C16H23N3O2.ClH/c1-11(17-2)10-18-15(20)9-12-3-7-14(8-4-12)19-16(21)13-5-6-13;/h3-4,7-8,11,13,17H,5-6,9-10H2,1-2H3,(H,18,20)(H,19,21);1H. The van der Waals surface area contributed by atoms with Crippen molar-refractivity contribution in [3.05, 3.63) is 29.8 Å². The van der Waals surface area contributed by atoms with Crippen LogP contribution in [-0.2, 0) is 16.0 Å². The van der Waals surface area contributed by atoms with Crippen molar-refractivity contribution in [3.8, 4) is 0 Å². The molecule has 6 heteroatoms. The molecule has 2 rings (SSSR count). The molecule has 0 heterocycles. The van der Waals surface area contributed by atoms with Crippen molar-refractivity contribution < 1.29 is 9.59 Å². The maximum absolute atomic E-state index is 11.8. The van der Waals surface area contributed by atoms with Gasteiger partial charge in [-0.25, -0.2) is 0 Å². The molecule has 0 bridgehead atoms. The van der Waals surface area contributed by atoms with Gasteiger partial charge in [0.05, 0.1) is 6.42 Å². The van der Waals surface area contributed by atoms with Crippen LogP contribution in [0, 0.1) is 5.92 Å². The van der Waals surface area contributed by atoms with Crippen LogP contribution < -0.4 is 16.0 Å². The first kappa shape index (κ1) is 18.5. The highest BCUT2D eigenvalue weighted by Gasteiger charge is 2.29. The molecule has 122 valence electrons. The number of amides is 2. The molecule has 0 aromatic heterocycles.